The van der Waals surface area contributed by atoms with Gasteiger partial charge in [-0.25, -0.2) is 4.98 Å². The Morgan fingerprint density at radius 3 is 2.77 bits per heavy atom. The third-order valence-corrected chi connectivity index (χ3v) is 6.61. The molecule has 0 radical (unpaired) electrons. The van der Waals surface area contributed by atoms with E-state index in [0.717, 1.165) is 49.1 Å². The SMILES string of the molecule is CCC(C)n1cnc2c(NCc3cccc(I)c3)nc(N[C@H]3CC[C@H](N)CC3)nc21. The highest BCUT2D eigenvalue weighted by Crippen LogP contribution is 2.27. The highest BCUT2D eigenvalue weighted by atomic mass is 127. The molecule has 2 heterocycles. The molecule has 1 aromatic carbocycles. The molecule has 160 valence electrons. The molecule has 4 N–H and O–H groups in total. The fraction of sp³-hybridized carbons (Fsp3) is 0.500. The Morgan fingerprint density at radius 1 is 1.23 bits per heavy atom. The van der Waals surface area contributed by atoms with Crippen molar-refractivity contribution in [3.8, 4) is 0 Å². The van der Waals surface area contributed by atoms with Crippen molar-refractivity contribution in [2.45, 2.75) is 70.6 Å². The fourth-order valence-corrected chi connectivity index (χ4v) is 4.51. The number of fused-ring (bicyclic) bond motifs is 1. The molecule has 2 aromatic heterocycles. The van der Waals surface area contributed by atoms with E-state index in [4.69, 9.17) is 15.7 Å². The number of benzene rings is 1. The van der Waals surface area contributed by atoms with E-state index in [1.165, 1.54) is 9.13 Å². The van der Waals surface area contributed by atoms with E-state index in [9.17, 15) is 0 Å². The van der Waals surface area contributed by atoms with Crippen molar-refractivity contribution in [1.29, 1.82) is 0 Å². The number of halogens is 1. The lowest BCUT2D eigenvalue weighted by molar-refractivity contribution is 0.410. The second-order valence-electron chi connectivity index (χ2n) is 8.22. The van der Waals surface area contributed by atoms with Crippen LogP contribution in [0.15, 0.2) is 30.6 Å². The number of nitrogens with one attached hydrogen (secondary N) is 2. The van der Waals surface area contributed by atoms with Crippen molar-refractivity contribution in [2.75, 3.05) is 10.6 Å². The van der Waals surface area contributed by atoms with Crippen molar-refractivity contribution in [3.63, 3.8) is 0 Å². The Bertz CT molecular complexity index is 994. The largest absolute Gasteiger partial charge is 0.364 e. The maximum absolute atomic E-state index is 6.07. The molecule has 0 amide bonds. The molecule has 1 aliphatic rings. The van der Waals surface area contributed by atoms with Crippen molar-refractivity contribution < 1.29 is 0 Å². The van der Waals surface area contributed by atoms with Gasteiger partial charge >= 0.3 is 0 Å². The zero-order chi connectivity index (χ0) is 21.1. The van der Waals surface area contributed by atoms with Crippen LogP contribution in [0.3, 0.4) is 0 Å². The molecule has 1 atom stereocenters. The van der Waals surface area contributed by atoms with E-state index < -0.39 is 0 Å². The van der Waals surface area contributed by atoms with Gasteiger partial charge in [0.1, 0.15) is 0 Å². The molecule has 3 aromatic rings. The third kappa shape index (κ3) is 4.85. The predicted octanol–water partition coefficient (Wildman–Crippen LogP) is 4.70. The van der Waals surface area contributed by atoms with Crippen LogP contribution < -0.4 is 16.4 Å². The molecule has 7 nitrogen and oxygen atoms in total. The van der Waals surface area contributed by atoms with Crippen LogP contribution in [0.2, 0.25) is 0 Å². The van der Waals surface area contributed by atoms with Gasteiger partial charge in [0, 0.05) is 28.2 Å². The highest BCUT2D eigenvalue weighted by molar-refractivity contribution is 14.1. The van der Waals surface area contributed by atoms with Gasteiger partial charge in [0.2, 0.25) is 5.95 Å². The van der Waals surface area contributed by atoms with Crippen molar-refractivity contribution in [1.82, 2.24) is 19.5 Å². The third-order valence-electron chi connectivity index (χ3n) is 5.94. The van der Waals surface area contributed by atoms with E-state index in [-0.39, 0.29) is 0 Å². The van der Waals surface area contributed by atoms with Gasteiger partial charge in [-0.05, 0) is 79.3 Å². The minimum atomic E-state index is 0.323. The molecule has 4 rings (SSSR count). The minimum Gasteiger partial charge on any atom is -0.364 e. The Kier molecular flexibility index (Phi) is 6.72. The fourth-order valence-electron chi connectivity index (χ4n) is 3.90. The van der Waals surface area contributed by atoms with Crippen LogP contribution in [0.4, 0.5) is 11.8 Å². The van der Waals surface area contributed by atoms with E-state index in [1.54, 1.807) is 0 Å². The normalized spacial score (nSPS) is 20.3. The number of aromatic nitrogens is 4. The second-order valence-corrected chi connectivity index (χ2v) is 9.46. The number of hydrogen-bond acceptors (Lipinski definition) is 6. The van der Waals surface area contributed by atoms with Gasteiger partial charge in [0.15, 0.2) is 17.0 Å². The molecule has 1 aliphatic carbocycles. The zero-order valence-electron chi connectivity index (χ0n) is 17.6. The summed E-state index contributed by atoms with van der Waals surface area (Å²) < 4.78 is 3.37. The Balaban J connectivity index is 1.63. The van der Waals surface area contributed by atoms with Crippen LogP contribution in [-0.2, 0) is 6.54 Å². The maximum atomic E-state index is 6.07. The second kappa shape index (κ2) is 9.47. The summed E-state index contributed by atoms with van der Waals surface area (Å²) in [6.45, 7) is 5.06. The van der Waals surface area contributed by atoms with Gasteiger partial charge in [-0.15, -0.1) is 0 Å². The zero-order valence-corrected chi connectivity index (χ0v) is 19.8. The lowest BCUT2D eigenvalue weighted by Crippen LogP contribution is -2.33. The summed E-state index contributed by atoms with van der Waals surface area (Å²) in [6, 6.07) is 9.49. The summed E-state index contributed by atoms with van der Waals surface area (Å²) in [5, 5.41) is 7.05. The topological polar surface area (TPSA) is 93.7 Å². The maximum Gasteiger partial charge on any atom is 0.227 e. The van der Waals surface area contributed by atoms with Gasteiger partial charge in [-0.2, -0.15) is 9.97 Å². The summed E-state index contributed by atoms with van der Waals surface area (Å²) in [5.74, 6) is 1.44. The first-order valence-electron chi connectivity index (χ1n) is 10.8. The Hall–Kier alpha value is -1.94. The van der Waals surface area contributed by atoms with E-state index in [2.05, 4.69) is 80.9 Å². The average molecular weight is 519 g/mol. The van der Waals surface area contributed by atoms with Crippen LogP contribution in [0.5, 0.6) is 0 Å². The number of anilines is 2. The molecule has 8 heteroatoms. The molecule has 30 heavy (non-hydrogen) atoms. The van der Waals surface area contributed by atoms with Crippen LogP contribution in [0.1, 0.15) is 57.6 Å². The van der Waals surface area contributed by atoms with Gasteiger partial charge in [-0.1, -0.05) is 19.1 Å². The van der Waals surface area contributed by atoms with Crippen molar-refractivity contribution in [3.05, 3.63) is 39.7 Å². The van der Waals surface area contributed by atoms with Gasteiger partial charge < -0.3 is 20.9 Å². The summed E-state index contributed by atoms with van der Waals surface area (Å²) >= 11 is 2.34. The van der Waals surface area contributed by atoms with Crippen molar-refractivity contribution >= 4 is 45.5 Å². The molecule has 1 saturated carbocycles. The average Bonchev–Trinajstić information content (AvgIpc) is 3.17. The summed E-state index contributed by atoms with van der Waals surface area (Å²) in [4.78, 5) is 14.3. The van der Waals surface area contributed by atoms with Crippen LogP contribution in [0.25, 0.3) is 11.2 Å². The lowest BCUT2D eigenvalue weighted by atomic mass is 9.92. The molecule has 1 fully saturated rings. The van der Waals surface area contributed by atoms with Crippen LogP contribution in [0, 0.1) is 3.57 Å². The molecule has 0 spiro atoms. The lowest BCUT2D eigenvalue weighted by Gasteiger charge is -2.27. The first-order valence-corrected chi connectivity index (χ1v) is 11.9. The van der Waals surface area contributed by atoms with Crippen molar-refractivity contribution in [2.24, 2.45) is 5.73 Å². The number of rotatable bonds is 7. The van der Waals surface area contributed by atoms with Crippen LogP contribution in [-0.4, -0.2) is 31.6 Å². The number of nitrogens with two attached hydrogens (primary N) is 1. The first-order chi connectivity index (χ1) is 14.5. The number of imidazole rings is 1. The van der Waals surface area contributed by atoms with Gasteiger partial charge in [-0.3, -0.25) is 0 Å². The Labute approximate surface area is 191 Å². The molecule has 0 bridgehead atoms. The number of hydrogen-bond donors (Lipinski definition) is 3. The summed E-state index contributed by atoms with van der Waals surface area (Å²) in [7, 11) is 0. The van der Waals surface area contributed by atoms with Gasteiger partial charge in [0.25, 0.3) is 0 Å². The monoisotopic (exact) mass is 519 g/mol. The van der Waals surface area contributed by atoms with E-state index >= 15 is 0 Å². The first kappa shape index (κ1) is 21.3. The molecule has 0 saturated heterocycles. The quantitative estimate of drug-likeness (QED) is 0.392. The highest BCUT2D eigenvalue weighted by Gasteiger charge is 2.21. The van der Waals surface area contributed by atoms with E-state index in [0.29, 0.717) is 30.6 Å². The standard InChI is InChI=1S/C22H30IN7/c1-3-14(2)30-13-26-19-20(25-12-15-5-4-6-16(23)11-15)28-22(29-21(19)30)27-18-9-7-17(24)8-10-18/h4-6,11,13-14,17-18H,3,7-10,12,24H2,1-2H3,(H2,25,27,28,29)/t14?,17-,18-. The molecular weight excluding hydrogens is 489 g/mol. The smallest absolute Gasteiger partial charge is 0.227 e. The summed E-state index contributed by atoms with van der Waals surface area (Å²) in [6.07, 6.45) is 7.10. The summed E-state index contributed by atoms with van der Waals surface area (Å²) in [5.41, 5.74) is 8.97. The van der Waals surface area contributed by atoms with Crippen LogP contribution >= 0.6 is 22.6 Å². The Morgan fingerprint density at radius 2 is 2.03 bits per heavy atom. The predicted molar refractivity (Wildman–Crippen MR) is 131 cm³/mol. The van der Waals surface area contributed by atoms with E-state index in [1.807, 2.05) is 6.33 Å². The molecule has 1 unspecified atom stereocenters. The molecular formula is C22H30IN7. The minimum absolute atomic E-state index is 0.323. The van der Waals surface area contributed by atoms with Gasteiger partial charge in [0.05, 0.1) is 6.33 Å². The number of nitrogens with zero attached hydrogens (tertiary/aromatic N) is 4. The molecule has 0 aliphatic heterocycles.